The number of anilines is 2. The van der Waals surface area contributed by atoms with Crippen LogP contribution in [0.3, 0.4) is 0 Å². The van der Waals surface area contributed by atoms with E-state index in [1.165, 1.54) is 0 Å². The monoisotopic (exact) mass is 227 g/mol. The molecule has 0 saturated carbocycles. The molecule has 17 heavy (non-hydrogen) atoms. The van der Waals surface area contributed by atoms with Gasteiger partial charge in [0, 0.05) is 11.4 Å². The van der Waals surface area contributed by atoms with Crippen molar-refractivity contribution in [1.29, 1.82) is 0 Å². The van der Waals surface area contributed by atoms with E-state index in [2.05, 4.69) is 15.3 Å². The Kier molecular flexibility index (Phi) is 3.14. The van der Waals surface area contributed by atoms with Gasteiger partial charge in [-0.05, 0) is 31.5 Å². The first kappa shape index (κ1) is 11.3. The Morgan fingerprint density at radius 2 is 1.82 bits per heavy atom. The fourth-order valence-electron chi connectivity index (χ4n) is 1.47. The van der Waals surface area contributed by atoms with Crippen molar-refractivity contribution in [2.45, 2.75) is 13.8 Å². The normalized spacial score (nSPS) is 10.0. The summed E-state index contributed by atoms with van der Waals surface area (Å²) in [5.74, 6) is 0.446. The van der Waals surface area contributed by atoms with Crippen LogP contribution in [-0.4, -0.2) is 16.3 Å². The van der Waals surface area contributed by atoms with Gasteiger partial charge in [-0.1, -0.05) is 18.2 Å². The van der Waals surface area contributed by atoms with Crippen molar-refractivity contribution in [2.24, 2.45) is 0 Å². The van der Waals surface area contributed by atoms with Crippen molar-refractivity contribution < 1.29 is 4.79 Å². The molecule has 2 aromatic rings. The summed E-state index contributed by atoms with van der Waals surface area (Å²) in [6, 6.07) is 9.61. The summed E-state index contributed by atoms with van der Waals surface area (Å²) >= 11 is 0. The molecule has 0 amide bonds. The van der Waals surface area contributed by atoms with Crippen LogP contribution in [-0.2, 0) is 0 Å². The van der Waals surface area contributed by atoms with Crippen LogP contribution in [0.2, 0.25) is 0 Å². The van der Waals surface area contributed by atoms with Crippen LogP contribution in [0.5, 0.6) is 0 Å². The molecule has 4 nitrogen and oxygen atoms in total. The number of hydrogen-bond acceptors (Lipinski definition) is 4. The van der Waals surface area contributed by atoms with Crippen molar-refractivity contribution >= 4 is 17.9 Å². The second kappa shape index (κ2) is 4.74. The van der Waals surface area contributed by atoms with Gasteiger partial charge >= 0.3 is 0 Å². The lowest BCUT2D eigenvalue weighted by atomic mass is 10.2. The molecule has 0 fully saturated rings. The van der Waals surface area contributed by atoms with Crippen molar-refractivity contribution in [1.82, 2.24) is 9.97 Å². The minimum atomic E-state index is 0.427. The number of carbonyl (C=O) groups is 1. The van der Waals surface area contributed by atoms with Gasteiger partial charge in [0.15, 0.2) is 6.29 Å². The first-order valence-electron chi connectivity index (χ1n) is 5.33. The molecule has 0 aliphatic carbocycles. The minimum absolute atomic E-state index is 0.427. The molecule has 0 unspecified atom stereocenters. The van der Waals surface area contributed by atoms with E-state index in [4.69, 9.17) is 0 Å². The van der Waals surface area contributed by atoms with Gasteiger partial charge in [0.05, 0.1) is 0 Å². The number of rotatable bonds is 3. The van der Waals surface area contributed by atoms with Crippen LogP contribution in [0, 0.1) is 13.8 Å². The van der Waals surface area contributed by atoms with E-state index >= 15 is 0 Å². The highest BCUT2D eigenvalue weighted by Crippen LogP contribution is 2.15. The molecule has 0 radical (unpaired) electrons. The Hall–Kier alpha value is -2.23. The molecule has 0 spiro atoms. The molecule has 1 heterocycles. The van der Waals surface area contributed by atoms with Crippen LogP contribution in [0.25, 0.3) is 0 Å². The number of nitrogens with zero attached hydrogens (tertiary/aromatic N) is 2. The first-order valence-corrected chi connectivity index (χ1v) is 5.33. The third kappa shape index (κ3) is 2.47. The van der Waals surface area contributed by atoms with Crippen LogP contribution < -0.4 is 5.32 Å². The Balaban J connectivity index is 2.34. The van der Waals surface area contributed by atoms with Gasteiger partial charge in [0.2, 0.25) is 5.95 Å². The summed E-state index contributed by atoms with van der Waals surface area (Å²) in [5.41, 5.74) is 2.95. The number of aryl methyl sites for hydroxylation is 1. The van der Waals surface area contributed by atoms with E-state index in [0.29, 0.717) is 11.6 Å². The summed E-state index contributed by atoms with van der Waals surface area (Å²) in [6.45, 7) is 3.70. The van der Waals surface area contributed by atoms with E-state index < -0.39 is 0 Å². The van der Waals surface area contributed by atoms with Crippen molar-refractivity contribution in [2.75, 3.05) is 5.32 Å². The molecule has 4 heteroatoms. The standard InChI is InChI=1S/C13H13N3O/c1-9-10(2)14-13(16-12(9)8-17)15-11-6-4-3-5-7-11/h3-8H,1-2H3,(H,14,15,16). The largest absolute Gasteiger partial charge is 0.324 e. The topological polar surface area (TPSA) is 54.9 Å². The highest BCUT2D eigenvalue weighted by atomic mass is 16.1. The average Bonchev–Trinajstić information content (AvgIpc) is 2.35. The van der Waals surface area contributed by atoms with Gasteiger partial charge in [-0.15, -0.1) is 0 Å². The molecule has 0 aliphatic rings. The number of para-hydroxylation sites is 1. The van der Waals surface area contributed by atoms with Gasteiger partial charge in [-0.2, -0.15) is 0 Å². The van der Waals surface area contributed by atoms with Crippen LogP contribution in [0.4, 0.5) is 11.6 Å². The van der Waals surface area contributed by atoms with E-state index in [1.54, 1.807) is 0 Å². The Morgan fingerprint density at radius 3 is 2.47 bits per heavy atom. The first-order chi connectivity index (χ1) is 8.20. The van der Waals surface area contributed by atoms with Gasteiger partial charge < -0.3 is 5.32 Å². The quantitative estimate of drug-likeness (QED) is 0.819. The van der Waals surface area contributed by atoms with Gasteiger partial charge in [-0.25, -0.2) is 9.97 Å². The highest BCUT2D eigenvalue weighted by molar-refractivity contribution is 5.75. The van der Waals surface area contributed by atoms with E-state index in [9.17, 15) is 4.79 Å². The van der Waals surface area contributed by atoms with E-state index in [1.807, 2.05) is 44.2 Å². The maximum Gasteiger partial charge on any atom is 0.228 e. The number of aldehydes is 1. The smallest absolute Gasteiger partial charge is 0.228 e. The van der Waals surface area contributed by atoms with Crippen molar-refractivity contribution in [3.05, 3.63) is 47.3 Å². The second-order valence-electron chi connectivity index (χ2n) is 3.75. The summed E-state index contributed by atoms with van der Waals surface area (Å²) in [6.07, 6.45) is 0.750. The summed E-state index contributed by atoms with van der Waals surface area (Å²) in [4.78, 5) is 19.3. The number of benzene rings is 1. The maximum absolute atomic E-state index is 10.9. The molecule has 0 atom stereocenters. The molecule has 0 aliphatic heterocycles. The fourth-order valence-corrected chi connectivity index (χ4v) is 1.47. The zero-order chi connectivity index (χ0) is 12.3. The highest BCUT2D eigenvalue weighted by Gasteiger charge is 2.06. The molecular weight excluding hydrogens is 214 g/mol. The molecule has 2 rings (SSSR count). The maximum atomic E-state index is 10.9. The fraction of sp³-hybridized carbons (Fsp3) is 0.154. The molecule has 1 aromatic heterocycles. The van der Waals surface area contributed by atoms with Crippen LogP contribution >= 0.6 is 0 Å². The number of nitrogens with one attached hydrogen (secondary N) is 1. The third-order valence-electron chi connectivity index (χ3n) is 2.57. The molecule has 86 valence electrons. The predicted octanol–water partition coefficient (Wildman–Crippen LogP) is 2.65. The average molecular weight is 227 g/mol. The molecule has 0 saturated heterocycles. The van der Waals surface area contributed by atoms with E-state index in [0.717, 1.165) is 23.2 Å². The third-order valence-corrected chi connectivity index (χ3v) is 2.57. The van der Waals surface area contributed by atoms with Crippen molar-refractivity contribution in [3.8, 4) is 0 Å². The SMILES string of the molecule is Cc1nc(Nc2ccccc2)nc(C=O)c1C. The molecular formula is C13H13N3O. The number of aromatic nitrogens is 2. The molecule has 1 N–H and O–H groups in total. The molecule has 0 bridgehead atoms. The molecule has 1 aromatic carbocycles. The minimum Gasteiger partial charge on any atom is -0.324 e. The predicted molar refractivity (Wildman–Crippen MR) is 66.6 cm³/mol. The summed E-state index contributed by atoms with van der Waals surface area (Å²) < 4.78 is 0. The van der Waals surface area contributed by atoms with Crippen LogP contribution in [0.15, 0.2) is 30.3 Å². The van der Waals surface area contributed by atoms with E-state index in [-0.39, 0.29) is 0 Å². The Morgan fingerprint density at radius 1 is 1.12 bits per heavy atom. The zero-order valence-corrected chi connectivity index (χ0v) is 9.77. The zero-order valence-electron chi connectivity index (χ0n) is 9.77. The summed E-state index contributed by atoms with van der Waals surface area (Å²) in [5, 5.41) is 3.07. The second-order valence-corrected chi connectivity index (χ2v) is 3.75. The van der Waals surface area contributed by atoms with Gasteiger partial charge in [-0.3, -0.25) is 4.79 Å². The van der Waals surface area contributed by atoms with Gasteiger partial charge in [0.1, 0.15) is 5.69 Å². The Labute approximate surface area is 99.7 Å². The van der Waals surface area contributed by atoms with Gasteiger partial charge in [0.25, 0.3) is 0 Å². The lowest BCUT2D eigenvalue weighted by Crippen LogP contribution is -2.04. The van der Waals surface area contributed by atoms with Crippen LogP contribution in [0.1, 0.15) is 21.7 Å². The lowest BCUT2D eigenvalue weighted by molar-refractivity contribution is 0.111. The summed E-state index contributed by atoms with van der Waals surface area (Å²) in [7, 11) is 0. The lowest BCUT2D eigenvalue weighted by Gasteiger charge is -2.08. The number of hydrogen-bond donors (Lipinski definition) is 1. The van der Waals surface area contributed by atoms with Crippen molar-refractivity contribution in [3.63, 3.8) is 0 Å². The number of carbonyl (C=O) groups excluding carboxylic acids is 1. The Bertz CT molecular complexity index is 538.